The Morgan fingerprint density at radius 1 is 1.35 bits per heavy atom. The summed E-state index contributed by atoms with van der Waals surface area (Å²) in [6.07, 6.45) is 2.37. The third-order valence-corrected chi connectivity index (χ3v) is 3.73. The van der Waals surface area contributed by atoms with Crippen LogP contribution in [0.15, 0.2) is 24.5 Å². The van der Waals surface area contributed by atoms with Crippen LogP contribution in [0.1, 0.15) is 42.9 Å². The lowest BCUT2D eigenvalue weighted by Gasteiger charge is -2.19. The Morgan fingerprint density at radius 3 is 2.70 bits per heavy atom. The number of rotatable bonds is 5. The molecule has 0 fully saturated rings. The van der Waals surface area contributed by atoms with Gasteiger partial charge in [0.05, 0.1) is 0 Å². The van der Waals surface area contributed by atoms with E-state index in [0.29, 0.717) is 6.04 Å². The van der Waals surface area contributed by atoms with Crippen molar-refractivity contribution in [2.45, 2.75) is 39.3 Å². The molecule has 1 atom stereocenters. The first-order chi connectivity index (χ1) is 9.52. The minimum atomic E-state index is 0.129. The molecule has 0 spiro atoms. The maximum Gasteiger partial charge on any atom is 0.138 e. The van der Waals surface area contributed by atoms with E-state index in [4.69, 9.17) is 11.6 Å². The number of nitrogens with zero attached hydrogens (tertiary/aromatic N) is 3. The summed E-state index contributed by atoms with van der Waals surface area (Å²) in [6, 6.07) is 6.59. The molecule has 2 rings (SSSR count). The second-order valence-corrected chi connectivity index (χ2v) is 5.69. The fourth-order valence-corrected chi connectivity index (χ4v) is 2.68. The van der Waals surface area contributed by atoms with Crippen LogP contribution in [-0.4, -0.2) is 21.8 Å². The van der Waals surface area contributed by atoms with Gasteiger partial charge in [-0.05, 0) is 45.0 Å². The lowest BCUT2D eigenvalue weighted by molar-refractivity contribution is 0.478. The minimum Gasteiger partial charge on any atom is -0.313 e. The molecule has 2 aromatic rings. The Hall–Kier alpha value is -1.39. The zero-order valence-corrected chi connectivity index (χ0v) is 13.1. The quantitative estimate of drug-likeness (QED) is 0.919. The highest BCUT2D eigenvalue weighted by Gasteiger charge is 2.17. The average Bonchev–Trinajstić information content (AvgIpc) is 2.85. The molecule has 0 saturated carbocycles. The highest BCUT2D eigenvalue weighted by atomic mass is 35.5. The second-order valence-electron chi connectivity index (χ2n) is 5.28. The summed E-state index contributed by atoms with van der Waals surface area (Å²) in [6.45, 7) is 6.25. The fourth-order valence-electron chi connectivity index (χ4n) is 2.32. The van der Waals surface area contributed by atoms with E-state index in [1.165, 1.54) is 5.56 Å². The van der Waals surface area contributed by atoms with Crippen LogP contribution < -0.4 is 5.32 Å². The van der Waals surface area contributed by atoms with Crippen LogP contribution in [-0.2, 0) is 6.42 Å². The topological polar surface area (TPSA) is 42.7 Å². The summed E-state index contributed by atoms with van der Waals surface area (Å²) in [4.78, 5) is 4.37. The first kappa shape index (κ1) is 15.0. The molecule has 0 aliphatic carbocycles. The predicted octanol–water partition coefficient (Wildman–Crippen LogP) is 3.32. The SMILES string of the molecule is CNC(Cc1ncnn1C(C)C)c1ccc(C)cc1Cl. The maximum atomic E-state index is 6.36. The summed E-state index contributed by atoms with van der Waals surface area (Å²) >= 11 is 6.36. The summed E-state index contributed by atoms with van der Waals surface area (Å²) in [5.74, 6) is 0.969. The lowest BCUT2D eigenvalue weighted by atomic mass is 10.0. The van der Waals surface area contributed by atoms with Crippen molar-refractivity contribution >= 4 is 11.6 Å². The first-order valence-corrected chi connectivity index (χ1v) is 7.22. The van der Waals surface area contributed by atoms with Gasteiger partial charge in [-0.25, -0.2) is 9.67 Å². The number of hydrogen-bond donors (Lipinski definition) is 1. The van der Waals surface area contributed by atoms with Crippen LogP contribution in [0.25, 0.3) is 0 Å². The average molecular weight is 293 g/mol. The van der Waals surface area contributed by atoms with Gasteiger partial charge in [0.15, 0.2) is 0 Å². The largest absolute Gasteiger partial charge is 0.313 e. The third kappa shape index (κ3) is 3.19. The fraction of sp³-hybridized carbons (Fsp3) is 0.467. The van der Waals surface area contributed by atoms with Gasteiger partial charge < -0.3 is 5.32 Å². The van der Waals surface area contributed by atoms with Crippen molar-refractivity contribution in [1.29, 1.82) is 0 Å². The summed E-state index contributed by atoms with van der Waals surface area (Å²) in [5, 5.41) is 8.39. The van der Waals surface area contributed by atoms with Crippen molar-refractivity contribution in [3.8, 4) is 0 Å². The van der Waals surface area contributed by atoms with Gasteiger partial charge in [0, 0.05) is 23.5 Å². The lowest BCUT2D eigenvalue weighted by Crippen LogP contribution is -2.22. The van der Waals surface area contributed by atoms with E-state index in [9.17, 15) is 0 Å². The molecule has 0 bridgehead atoms. The van der Waals surface area contributed by atoms with E-state index in [1.54, 1.807) is 6.33 Å². The van der Waals surface area contributed by atoms with Crippen LogP contribution >= 0.6 is 11.6 Å². The second kappa shape index (κ2) is 6.37. The van der Waals surface area contributed by atoms with E-state index in [2.05, 4.69) is 41.4 Å². The van der Waals surface area contributed by atoms with Crippen LogP contribution in [0.3, 0.4) is 0 Å². The zero-order chi connectivity index (χ0) is 14.7. The molecule has 1 aromatic heterocycles. The Morgan fingerprint density at radius 2 is 2.10 bits per heavy atom. The number of likely N-dealkylation sites (N-methyl/N-ethyl adjacent to an activating group) is 1. The molecule has 1 heterocycles. The summed E-state index contributed by atoms with van der Waals surface area (Å²) in [7, 11) is 1.94. The number of hydrogen-bond acceptors (Lipinski definition) is 3. The van der Waals surface area contributed by atoms with Crippen molar-refractivity contribution in [2.75, 3.05) is 7.05 Å². The Kier molecular flexibility index (Phi) is 4.78. The highest BCUT2D eigenvalue weighted by Crippen LogP contribution is 2.26. The number of halogens is 1. The molecule has 1 unspecified atom stereocenters. The number of benzene rings is 1. The molecule has 1 N–H and O–H groups in total. The van der Waals surface area contributed by atoms with Crippen molar-refractivity contribution in [2.24, 2.45) is 0 Å². The van der Waals surface area contributed by atoms with Crippen LogP contribution in [0.5, 0.6) is 0 Å². The van der Waals surface area contributed by atoms with Gasteiger partial charge in [0.25, 0.3) is 0 Å². The van der Waals surface area contributed by atoms with E-state index in [-0.39, 0.29) is 6.04 Å². The first-order valence-electron chi connectivity index (χ1n) is 6.84. The third-order valence-electron chi connectivity index (χ3n) is 3.40. The van der Waals surface area contributed by atoms with Crippen LogP contribution in [0.4, 0.5) is 0 Å². The van der Waals surface area contributed by atoms with E-state index in [1.807, 2.05) is 24.7 Å². The van der Waals surface area contributed by atoms with E-state index >= 15 is 0 Å². The van der Waals surface area contributed by atoms with Crippen molar-refractivity contribution in [3.63, 3.8) is 0 Å². The molecule has 108 valence electrons. The molecule has 0 radical (unpaired) electrons. The molecule has 20 heavy (non-hydrogen) atoms. The minimum absolute atomic E-state index is 0.129. The monoisotopic (exact) mass is 292 g/mol. The van der Waals surface area contributed by atoms with Gasteiger partial charge in [-0.3, -0.25) is 0 Å². The van der Waals surface area contributed by atoms with E-state index in [0.717, 1.165) is 22.8 Å². The Labute approximate surface area is 125 Å². The van der Waals surface area contributed by atoms with Gasteiger partial charge in [-0.15, -0.1) is 0 Å². The predicted molar refractivity (Wildman–Crippen MR) is 82.1 cm³/mol. The molecule has 0 aliphatic heterocycles. The molecular weight excluding hydrogens is 272 g/mol. The molecule has 5 heteroatoms. The molecular formula is C15H21ClN4. The van der Waals surface area contributed by atoms with Crippen LogP contribution in [0.2, 0.25) is 5.02 Å². The van der Waals surface area contributed by atoms with Gasteiger partial charge in [0.2, 0.25) is 0 Å². The van der Waals surface area contributed by atoms with Gasteiger partial charge in [0.1, 0.15) is 12.2 Å². The van der Waals surface area contributed by atoms with Crippen molar-refractivity contribution in [3.05, 3.63) is 46.5 Å². The number of aryl methyl sites for hydroxylation is 1. The van der Waals surface area contributed by atoms with Crippen molar-refractivity contribution < 1.29 is 0 Å². The Balaban J connectivity index is 2.27. The summed E-state index contributed by atoms with van der Waals surface area (Å²) < 4.78 is 1.95. The van der Waals surface area contributed by atoms with Crippen molar-refractivity contribution in [1.82, 2.24) is 20.1 Å². The maximum absolute atomic E-state index is 6.36. The molecule has 0 amide bonds. The molecule has 4 nitrogen and oxygen atoms in total. The molecule has 1 aromatic carbocycles. The Bertz CT molecular complexity index is 577. The van der Waals surface area contributed by atoms with E-state index < -0.39 is 0 Å². The molecule has 0 saturated heterocycles. The van der Waals surface area contributed by atoms with Crippen LogP contribution in [0, 0.1) is 6.92 Å². The standard InChI is InChI=1S/C15H21ClN4/c1-10(2)20-15(18-9-19-20)8-14(17-4)12-6-5-11(3)7-13(12)16/h5-7,9-10,14,17H,8H2,1-4H3. The summed E-state index contributed by atoms with van der Waals surface area (Å²) in [5.41, 5.74) is 2.26. The zero-order valence-electron chi connectivity index (χ0n) is 12.4. The van der Waals surface area contributed by atoms with Gasteiger partial charge in [-0.2, -0.15) is 5.10 Å². The number of aromatic nitrogens is 3. The normalized spacial score (nSPS) is 12.9. The molecule has 0 aliphatic rings. The highest BCUT2D eigenvalue weighted by molar-refractivity contribution is 6.31. The number of nitrogens with one attached hydrogen (secondary N) is 1. The van der Waals surface area contributed by atoms with Gasteiger partial charge >= 0.3 is 0 Å². The van der Waals surface area contributed by atoms with Gasteiger partial charge in [-0.1, -0.05) is 23.7 Å². The smallest absolute Gasteiger partial charge is 0.138 e.